The van der Waals surface area contributed by atoms with Crippen LogP contribution in [0, 0.1) is 23.2 Å². The highest BCUT2D eigenvalue weighted by atomic mass is 14.7. The van der Waals surface area contributed by atoms with Crippen LogP contribution in [0.1, 0.15) is 84.0 Å². The number of nitrogens with two attached hydrogens (primary N) is 2. The van der Waals surface area contributed by atoms with Crippen LogP contribution in [0.2, 0.25) is 0 Å². The summed E-state index contributed by atoms with van der Waals surface area (Å²) in [6, 6.07) is 0.973. The minimum absolute atomic E-state index is 0.487. The summed E-state index contributed by atoms with van der Waals surface area (Å²) in [6.45, 7) is 2.46. The van der Waals surface area contributed by atoms with Crippen molar-refractivity contribution in [1.82, 2.24) is 0 Å². The number of hydrogen-bond donors (Lipinski definition) is 2. The van der Waals surface area contributed by atoms with E-state index >= 15 is 0 Å². The highest BCUT2D eigenvalue weighted by molar-refractivity contribution is 4.98. The van der Waals surface area contributed by atoms with E-state index in [0.717, 1.165) is 17.8 Å². The van der Waals surface area contributed by atoms with Crippen LogP contribution in [-0.2, 0) is 0 Å². The van der Waals surface area contributed by atoms with E-state index in [1.807, 2.05) is 0 Å². The van der Waals surface area contributed by atoms with Gasteiger partial charge in [-0.25, -0.2) is 0 Å². The van der Waals surface area contributed by atoms with E-state index in [0.29, 0.717) is 17.5 Å². The zero-order chi connectivity index (χ0) is 14.9. The van der Waals surface area contributed by atoms with Crippen LogP contribution in [0.3, 0.4) is 0 Å². The van der Waals surface area contributed by atoms with E-state index in [2.05, 4.69) is 6.92 Å². The van der Waals surface area contributed by atoms with E-state index in [9.17, 15) is 0 Å². The molecule has 0 aromatic heterocycles. The van der Waals surface area contributed by atoms with Gasteiger partial charge in [-0.05, 0) is 87.4 Å². The van der Waals surface area contributed by atoms with Gasteiger partial charge in [0.25, 0.3) is 0 Å². The molecule has 0 aliphatic heterocycles. The molecule has 3 aliphatic carbocycles. The van der Waals surface area contributed by atoms with Crippen LogP contribution in [0.25, 0.3) is 0 Å². The molecule has 3 fully saturated rings. The summed E-state index contributed by atoms with van der Waals surface area (Å²) in [4.78, 5) is 0. The van der Waals surface area contributed by atoms with Gasteiger partial charge < -0.3 is 11.5 Å². The van der Waals surface area contributed by atoms with Gasteiger partial charge in [-0.1, -0.05) is 19.8 Å². The Bertz CT molecular complexity index is 292. The van der Waals surface area contributed by atoms with Gasteiger partial charge in [-0.3, -0.25) is 0 Å². The van der Waals surface area contributed by atoms with Gasteiger partial charge in [0.1, 0.15) is 0 Å². The Morgan fingerprint density at radius 3 is 1.38 bits per heavy atom. The Hall–Kier alpha value is -0.0800. The van der Waals surface area contributed by atoms with Crippen LogP contribution < -0.4 is 11.5 Å². The molecule has 0 spiro atoms. The first-order valence-corrected chi connectivity index (χ1v) is 9.61. The Balaban J connectivity index is 1.74. The van der Waals surface area contributed by atoms with Crippen molar-refractivity contribution in [1.29, 1.82) is 0 Å². The largest absolute Gasteiger partial charge is 0.328 e. The SMILES string of the molecule is CC1CCC(C2CCC(N)CC2)(C2CCC(N)CC2)CC1. The van der Waals surface area contributed by atoms with E-state index in [1.54, 1.807) is 0 Å². The lowest BCUT2D eigenvalue weighted by Crippen LogP contribution is -2.46. The summed E-state index contributed by atoms with van der Waals surface area (Å²) >= 11 is 0. The Morgan fingerprint density at radius 2 is 1.00 bits per heavy atom. The summed E-state index contributed by atoms with van der Waals surface area (Å²) in [6.07, 6.45) is 16.6. The average molecular weight is 293 g/mol. The fraction of sp³-hybridized carbons (Fsp3) is 1.00. The summed E-state index contributed by atoms with van der Waals surface area (Å²) in [5.74, 6) is 2.88. The highest BCUT2D eigenvalue weighted by Gasteiger charge is 2.47. The molecule has 3 saturated carbocycles. The van der Waals surface area contributed by atoms with Gasteiger partial charge in [-0.15, -0.1) is 0 Å². The smallest absolute Gasteiger partial charge is 0.00390 e. The third kappa shape index (κ3) is 3.32. The molecule has 0 aromatic rings. The van der Waals surface area contributed by atoms with Crippen LogP contribution in [0.15, 0.2) is 0 Å². The van der Waals surface area contributed by atoms with Crippen LogP contribution in [0.5, 0.6) is 0 Å². The van der Waals surface area contributed by atoms with Crippen molar-refractivity contribution in [3.8, 4) is 0 Å². The van der Waals surface area contributed by atoms with E-state index in [1.165, 1.54) is 77.0 Å². The predicted molar refractivity (Wildman–Crippen MR) is 89.9 cm³/mol. The van der Waals surface area contributed by atoms with Gasteiger partial charge >= 0.3 is 0 Å². The lowest BCUT2D eigenvalue weighted by molar-refractivity contribution is -0.0263. The molecule has 0 radical (unpaired) electrons. The molecule has 2 nitrogen and oxygen atoms in total. The monoisotopic (exact) mass is 292 g/mol. The standard InChI is InChI=1S/C19H36N2/c1-14-10-12-19(13-11-14,15-2-6-17(20)7-3-15)16-4-8-18(21)9-5-16/h14-18H,2-13,20-21H2,1H3. The van der Waals surface area contributed by atoms with Crippen molar-refractivity contribution < 1.29 is 0 Å². The summed E-state index contributed by atoms with van der Waals surface area (Å²) in [5.41, 5.74) is 13.0. The molecule has 0 bridgehead atoms. The molecule has 2 heteroatoms. The van der Waals surface area contributed by atoms with Crippen molar-refractivity contribution in [3.63, 3.8) is 0 Å². The lowest BCUT2D eigenvalue weighted by atomic mass is 9.52. The molecule has 0 unspecified atom stereocenters. The highest BCUT2D eigenvalue weighted by Crippen LogP contribution is 2.56. The molecular formula is C19H36N2. The molecule has 3 aliphatic rings. The maximum Gasteiger partial charge on any atom is 0.00390 e. The van der Waals surface area contributed by atoms with Crippen molar-refractivity contribution in [2.45, 2.75) is 96.1 Å². The van der Waals surface area contributed by atoms with Crippen LogP contribution >= 0.6 is 0 Å². The van der Waals surface area contributed by atoms with Gasteiger partial charge in [-0.2, -0.15) is 0 Å². The minimum atomic E-state index is 0.487. The van der Waals surface area contributed by atoms with E-state index in [4.69, 9.17) is 11.5 Å². The molecule has 0 saturated heterocycles. The number of rotatable bonds is 2. The maximum absolute atomic E-state index is 6.17. The Labute approximate surface area is 131 Å². The first-order chi connectivity index (χ1) is 10.1. The molecule has 0 heterocycles. The van der Waals surface area contributed by atoms with E-state index in [-0.39, 0.29) is 0 Å². The van der Waals surface area contributed by atoms with Crippen molar-refractivity contribution >= 4 is 0 Å². The topological polar surface area (TPSA) is 52.0 Å². The zero-order valence-electron chi connectivity index (χ0n) is 14.0. The Kier molecular flexibility index (Phi) is 4.95. The fourth-order valence-corrected chi connectivity index (χ4v) is 5.84. The van der Waals surface area contributed by atoms with Gasteiger partial charge in [0.05, 0.1) is 0 Å². The molecule has 0 aromatic carbocycles. The predicted octanol–water partition coefficient (Wildman–Crippen LogP) is 4.22. The summed E-state index contributed by atoms with van der Waals surface area (Å²) < 4.78 is 0. The molecular weight excluding hydrogens is 256 g/mol. The average Bonchev–Trinajstić information content (AvgIpc) is 2.50. The molecule has 0 amide bonds. The second kappa shape index (κ2) is 6.58. The quantitative estimate of drug-likeness (QED) is 0.800. The summed E-state index contributed by atoms with van der Waals surface area (Å²) in [5, 5.41) is 0. The molecule has 122 valence electrons. The molecule has 0 atom stereocenters. The third-order valence-corrected chi connectivity index (χ3v) is 7.37. The third-order valence-electron chi connectivity index (χ3n) is 7.37. The normalized spacial score (nSPS) is 49.0. The summed E-state index contributed by atoms with van der Waals surface area (Å²) in [7, 11) is 0. The van der Waals surface area contributed by atoms with Crippen molar-refractivity contribution in [2.75, 3.05) is 0 Å². The van der Waals surface area contributed by atoms with E-state index < -0.39 is 0 Å². The fourth-order valence-electron chi connectivity index (χ4n) is 5.84. The maximum atomic E-state index is 6.17. The zero-order valence-corrected chi connectivity index (χ0v) is 14.0. The van der Waals surface area contributed by atoms with Crippen molar-refractivity contribution in [2.24, 2.45) is 34.6 Å². The Morgan fingerprint density at radius 1 is 0.619 bits per heavy atom. The molecule has 21 heavy (non-hydrogen) atoms. The second-order valence-electron chi connectivity index (χ2n) is 8.64. The second-order valence-corrected chi connectivity index (χ2v) is 8.64. The number of hydrogen-bond acceptors (Lipinski definition) is 2. The van der Waals surface area contributed by atoms with Gasteiger partial charge in [0.2, 0.25) is 0 Å². The van der Waals surface area contributed by atoms with Crippen LogP contribution in [-0.4, -0.2) is 12.1 Å². The lowest BCUT2D eigenvalue weighted by Gasteiger charge is -2.53. The van der Waals surface area contributed by atoms with Gasteiger partial charge in [0, 0.05) is 12.1 Å². The van der Waals surface area contributed by atoms with Gasteiger partial charge in [0.15, 0.2) is 0 Å². The first kappa shape index (κ1) is 15.8. The minimum Gasteiger partial charge on any atom is -0.328 e. The molecule has 4 N–H and O–H groups in total. The van der Waals surface area contributed by atoms with Crippen LogP contribution in [0.4, 0.5) is 0 Å². The molecule has 3 rings (SSSR count). The van der Waals surface area contributed by atoms with Crippen molar-refractivity contribution in [3.05, 3.63) is 0 Å². The first-order valence-electron chi connectivity index (χ1n) is 9.61.